The second-order valence-corrected chi connectivity index (χ2v) is 8.15. The van der Waals surface area contributed by atoms with E-state index in [-0.39, 0.29) is 23.4 Å². The van der Waals surface area contributed by atoms with Crippen LogP contribution in [0.5, 0.6) is 0 Å². The van der Waals surface area contributed by atoms with Crippen LogP contribution in [-0.2, 0) is 14.8 Å². The molecule has 2 unspecified atom stereocenters. The van der Waals surface area contributed by atoms with Crippen molar-refractivity contribution in [2.45, 2.75) is 50.5 Å². The highest BCUT2D eigenvalue weighted by Gasteiger charge is 2.37. The van der Waals surface area contributed by atoms with Crippen LogP contribution >= 0.6 is 0 Å². The first kappa shape index (κ1) is 17.0. The first-order valence-corrected chi connectivity index (χ1v) is 9.02. The summed E-state index contributed by atoms with van der Waals surface area (Å²) < 4.78 is 27.1. The number of hydrogen-bond donors (Lipinski definition) is 1. The van der Waals surface area contributed by atoms with Crippen LogP contribution in [-0.4, -0.2) is 36.4 Å². The number of piperidine rings is 1. The molecule has 2 atom stereocenters. The summed E-state index contributed by atoms with van der Waals surface area (Å²) in [4.78, 5) is 11.4. The van der Waals surface area contributed by atoms with Crippen molar-refractivity contribution in [1.82, 2.24) is 4.31 Å². The molecule has 0 spiro atoms. The van der Waals surface area contributed by atoms with Gasteiger partial charge in [-0.25, -0.2) is 8.42 Å². The summed E-state index contributed by atoms with van der Waals surface area (Å²) >= 11 is 0. The number of carbonyl (C=O) groups is 1. The average molecular weight is 325 g/mol. The predicted molar refractivity (Wildman–Crippen MR) is 84.2 cm³/mol. The van der Waals surface area contributed by atoms with Crippen molar-refractivity contribution < 1.29 is 18.3 Å². The van der Waals surface area contributed by atoms with E-state index in [1.54, 1.807) is 18.2 Å². The van der Waals surface area contributed by atoms with E-state index >= 15 is 0 Å². The molecular formula is C16H23NO4S. The first-order chi connectivity index (χ1) is 10.2. The number of rotatable bonds is 4. The van der Waals surface area contributed by atoms with Gasteiger partial charge in [0.15, 0.2) is 0 Å². The van der Waals surface area contributed by atoms with Crippen molar-refractivity contribution >= 4 is 16.0 Å². The van der Waals surface area contributed by atoms with Gasteiger partial charge in [0.1, 0.15) is 0 Å². The van der Waals surface area contributed by atoms with E-state index in [1.807, 2.05) is 26.8 Å². The normalized spacial score (nSPS) is 23.6. The first-order valence-electron chi connectivity index (χ1n) is 7.58. The number of carboxylic acids is 1. The van der Waals surface area contributed by atoms with Crippen molar-refractivity contribution in [1.29, 1.82) is 0 Å². The van der Waals surface area contributed by atoms with Crippen LogP contribution < -0.4 is 0 Å². The van der Waals surface area contributed by atoms with E-state index in [0.29, 0.717) is 12.8 Å². The molecule has 1 heterocycles. The van der Waals surface area contributed by atoms with Gasteiger partial charge in [0, 0.05) is 12.6 Å². The van der Waals surface area contributed by atoms with Gasteiger partial charge in [-0.2, -0.15) is 4.31 Å². The van der Waals surface area contributed by atoms with E-state index in [9.17, 15) is 18.3 Å². The van der Waals surface area contributed by atoms with Gasteiger partial charge in [-0.3, -0.25) is 4.79 Å². The molecule has 1 fully saturated rings. The zero-order valence-electron chi connectivity index (χ0n) is 13.2. The monoisotopic (exact) mass is 325 g/mol. The zero-order chi connectivity index (χ0) is 16.5. The lowest BCUT2D eigenvalue weighted by molar-refractivity contribution is -0.143. The third-order valence-corrected chi connectivity index (χ3v) is 6.28. The van der Waals surface area contributed by atoms with Gasteiger partial charge in [0.25, 0.3) is 0 Å². The van der Waals surface area contributed by atoms with Crippen LogP contribution in [0.2, 0.25) is 0 Å². The van der Waals surface area contributed by atoms with Crippen molar-refractivity contribution in [2.75, 3.05) is 6.54 Å². The van der Waals surface area contributed by atoms with Gasteiger partial charge in [0.05, 0.1) is 10.8 Å². The van der Waals surface area contributed by atoms with Crippen LogP contribution in [0.1, 0.15) is 45.1 Å². The highest BCUT2D eigenvalue weighted by molar-refractivity contribution is 7.89. The predicted octanol–water partition coefficient (Wildman–Crippen LogP) is 2.68. The molecule has 0 radical (unpaired) electrons. The molecule has 2 rings (SSSR count). The molecular weight excluding hydrogens is 302 g/mol. The molecule has 1 aliphatic rings. The summed E-state index contributed by atoms with van der Waals surface area (Å²) in [7, 11) is -3.66. The van der Waals surface area contributed by atoms with Gasteiger partial charge in [0.2, 0.25) is 10.0 Å². The van der Waals surface area contributed by atoms with Crippen molar-refractivity contribution in [2.24, 2.45) is 5.92 Å². The van der Waals surface area contributed by atoms with E-state index < -0.39 is 21.9 Å². The summed E-state index contributed by atoms with van der Waals surface area (Å²) in [6.45, 7) is 5.90. The maximum Gasteiger partial charge on any atom is 0.307 e. The van der Waals surface area contributed by atoms with Gasteiger partial charge in [-0.05, 0) is 43.4 Å². The molecule has 122 valence electrons. The molecule has 5 nitrogen and oxygen atoms in total. The van der Waals surface area contributed by atoms with Crippen LogP contribution in [0.25, 0.3) is 0 Å². The standard InChI is InChI=1S/C16H23NO4S/c1-11(2)13-5-4-6-15(9-13)22(20,21)17-10-14(16(18)19)8-7-12(17)3/h4-6,9,11-12,14H,7-8,10H2,1-3H3,(H,18,19). The average Bonchev–Trinajstić information content (AvgIpc) is 2.47. The highest BCUT2D eigenvalue weighted by Crippen LogP contribution is 2.29. The lowest BCUT2D eigenvalue weighted by Gasteiger charge is -2.35. The Labute approximate surface area is 132 Å². The minimum absolute atomic E-state index is 0.0464. The quantitative estimate of drug-likeness (QED) is 0.923. The Morgan fingerprint density at radius 2 is 2.00 bits per heavy atom. The lowest BCUT2D eigenvalue weighted by atomic mass is 9.96. The van der Waals surface area contributed by atoms with Gasteiger partial charge in [-0.15, -0.1) is 0 Å². The molecule has 0 aliphatic carbocycles. The van der Waals surface area contributed by atoms with Gasteiger partial charge < -0.3 is 5.11 Å². The summed E-state index contributed by atoms with van der Waals surface area (Å²) in [6, 6.07) is 6.74. The molecule has 1 aliphatic heterocycles. The third kappa shape index (κ3) is 3.33. The van der Waals surface area contributed by atoms with Crippen LogP contribution in [0.15, 0.2) is 29.2 Å². The zero-order valence-corrected chi connectivity index (χ0v) is 14.0. The Kier molecular flexibility index (Phi) is 4.92. The van der Waals surface area contributed by atoms with Crippen molar-refractivity contribution in [3.8, 4) is 0 Å². The van der Waals surface area contributed by atoms with E-state index in [1.165, 1.54) is 4.31 Å². The largest absolute Gasteiger partial charge is 0.481 e. The van der Waals surface area contributed by atoms with Gasteiger partial charge in [-0.1, -0.05) is 26.0 Å². The summed E-state index contributed by atoms with van der Waals surface area (Å²) in [5.41, 5.74) is 0.959. The van der Waals surface area contributed by atoms with Crippen LogP contribution in [0.4, 0.5) is 0 Å². The number of hydrogen-bond acceptors (Lipinski definition) is 3. The molecule has 0 aromatic heterocycles. The topological polar surface area (TPSA) is 74.7 Å². The Balaban J connectivity index is 2.36. The minimum Gasteiger partial charge on any atom is -0.481 e. The smallest absolute Gasteiger partial charge is 0.307 e. The molecule has 22 heavy (non-hydrogen) atoms. The van der Waals surface area contributed by atoms with Crippen LogP contribution in [0, 0.1) is 5.92 Å². The number of benzene rings is 1. The van der Waals surface area contributed by atoms with E-state index in [0.717, 1.165) is 5.56 Å². The molecule has 0 bridgehead atoms. The Bertz CT molecular complexity index is 654. The van der Waals surface area contributed by atoms with Gasteiger partial charge >= 0.3 is 5.97 Å². The molecule has 1 aromatic carbocycles. The van der Waals surface area contributed by atoms with Crippen molar-refractivity contribution in [3.05, 3.63) is 29.8 Å². The van der Waals surface area contributed by atoms with E-state index in [4.69, 9.17) is 0 Å². The molecule has 6 heteroatoms. The SMILES string of the molecule is CC(C)c1cccc(S(=O)(=O)N2CC(C(=O)O)CCC2C)c1. The van der Waals surface area contributed by atoms with E-state index in [2.05, 4.69) is 0 Å². The molecule has 1 aromatic rings. The fraction of sp³-hybridized carbons (Fsp3) is 0.562. The second-order valence-electron chi connectivity index (χ2n) is 6.26. The number of carboxylic acid groups (broad SMARTS) is 1. The Morgan fingerprint density at radius 3 is 2.59 bits per heavy atom. The minimum atomic E-state index is -3.66. The molecule has 0 saturated carbocycles. The summed E-state index contributed by atoms with van der Waals surface area (Å²) in [5, 5.41) is 9.17. The lowest BCUT2D eigenvalue weighted by Crippen LogP contribution is -2.47. The van der Waals surface area contributed by atoms with Crippen molar-refractivity contribution in [3.63, 3.8) is 0 Å². The Morgan fingerprint density at radius 1 is 1.32 bits per heavy atom. The number of aliphatic carboxylic acids is 1. The fourth-order valence-corrected chi connectivity index (χ4v) is 4.54. The fourth-order valence-electron chi connectivity index (χ4n) is 2.78. The Hall–Kier alpha value is -1.40. The third-order valence-electron chi connectivity index (χ3n) is 4.31. The highest BCUT2D eigenvalue weighted by atomic mass is 32.2. The summed E-state index contributed by atoms with van der Waals surface area (Å²) in [6.07, 6.45) is 1.09. The summed E-state index contributed by atoms with van der Waals surface area (Å²) in [5.74, 6) is -1.32. The maximum atomic E-state index is 12.9. The second kappa shape index (κ2) is 6.38. The molecule has 1 saturated heterocycles. The molecule has 1 N–H and O–H groups in total. The maximum absolute atomic E-state index is 12.9. The number of sulfonamides is 1. The molecule has 0 amide bonds. The number of nitrogens with zero attached hydrogens (tertiary/aromatic N) is 1. The van der Waals surface area contributed by atoms with Crippen LogP contribution in [0.3, 0.4) is 0 Å².